The molecule has 1 saturated carbocycles. The van der Waals surface area contributed by atoms with Crippen LogP contribution in [0.3, 0.4) is 0 Å². The summed E-state index contributed by atoms with van der Waals surface area (Å²) in [5, 5.41) is 3.46. The molecule has 190 valence electrons. The molecular formula is C25H31ClFN3O4S. The molecule has 1 aliphatic rings. The van der Waals surface area contributed by atoms with E-state index in [0.29, 0.717) is 10.6 Å². The summed E-state index contributed by atoms with van der Waals surface area (Å²) in [5.41, 5.74) is 0.648. The van der Waals surface area contributed by atoms with Gasteiger partial charge in [-0.25, -0.2) is 12.8 Å². The Morgan fingerprint density at radius 3 is 2.43 bits per heavy atom. The maximum atomic E-state index is 13.8. The molecule has 0 aliphatic heterocycles. The van der Waals surface area contributed by atoms with Crippen molar-refractivity contribution in [2.45, 2.75) is 57.7 Å². The molecule has 35 heavy (non-hydrogen) atoms. The maximum Gasteiger partial charge on any atom is 0.244 e. The first kappa shape index (κ1) is 26.9. The van der Waals surface area contributed by atoms with E-state index < -0.39 is 34.3 Å². The van der Waals surface area contributed by atoms with E-state index in [4.69, 9.17) is 11.6 Å². The molecular weight excluding hydrogens is 493 g/mol. The minimum atomic E-state index is -3.92. The van der Waals surface area contributed by atoms with E-state index in [0.717, 1.165) is 48.7 Å². The van der Waals surface area contributed by atoms with Crippen LogP contribution in [0.1, 0.15) is 44.6 Å². The van der Waals surface area contributed by atoms with E-state index >= 15 is 0 Å². The van der Waals surface area contributed by atoms with Crippen molar-refractivity contribution in [3.63, 3.8) is 0 Å². The van der Waals surface area contributed by atoms with Crippen molar-refractivity contribution in [1.82, 2.24) is 10.2 Å². The molecule has 1 atom stereocenters. The number of carbonyl (C=O) groups excluding carboxylic acids is 2. The maximum absolute atomic E-state index is 13.8. The topological polar surface area (TPSA) is 86.8 Å². The Balaban J connectivity index is 1.88. The molecule has 7 nitrogen and oxygen atoms in total. The molecule has 0 radical (unpaired) electrons. The molecule has 1 unspecified atom stereocenters. The highest BCUT2D eigenvalue weighted by atomic mass is 35.5. The third-order valence-electron chi connectivity index (χ3n) is 6.19. The van der Waals surface area contributed by atoms with Crippen LogP contribution in [0.25, 0.3) is 0 Å². The SMILES string of the molecule is CC(C(=O)NC1CCCCC1)N(Cc1ccccc1Cl)C(=O)CN(c1cccc(F)c1)S(C)(=O)=O. The lowest BCUT2D eigenvalue weighted by atomic mass is 9.95. The average molecular weight is 524 g/mol. The van der Waals surface area contributed by atoms with Gasteiger partial charge in [0.15, 0.2) is 0 Å². The summed E-state index contributed by atoms with van der Waals surface area (Å²) < 4.78 is 39.7. The smallest absolute Gasteiger partial charge is 0.244 e. The van der Waals surface area contributed by atoms with E-state index in [-0.39, 0.29) is 24.2 Å². The number of sulfonamides is 1. The van der Waals surface area contributed by atoms with Crippen LogP contribution in [0.2, 0.25) is 5.02 Å². The standard InChI is InChI=1S/C25H31ClFN3O4S/c1-18(25(32)28-21-11-4-3-5-12-21)29(16-19-9-6-7-14-23(19)26)24(31)17-30(35(2,33)34)22-13-8-10-20(27)15-22/h6-10,13-15,18,21H,3-5,11-12,16-17H2,1-2H3,(H,28,32). The Bertz CT molecular complexity index is 1150. The predicted octanol–water partition coefficient (Wildman–Crippen LogP) is 4.11. The van der Waals surface area contributed by atoms with E-state index in [1.165, 1.54) is 23.1 Å². The third kappa shape index (κ3) is 7.41. The first-order chi connectivity index (χ1) is 16.6. The van der Waals surface area contributed by atoms with Gasteiger partial charge >= 0.3 is 0 Å². The molecule has 10 heteroatoms. The molecule has 3 rings (SSSR count). The minimum Gasteiger partial charge on any atom is -0.352 e. The quantitative estimate of drug-likeness (QED) is 0.536. The zero-order valence-corrected chi connectivity index (χ0v) is 21.5. The Morgan fingerprint density at radius 1 is 1.11 bits per heavy atom. The van der Waals surface area contributed by atoms with Crippen molar-refractivity contribution in [2.24, 2.45) is 0 Å². The summed E-state index contributed by atoms with van der Waals surface area (Å²) in [4.78, 5) is 27.9. The molecule has 1 fully saturated rings. The van der Waals surface area contributed by atoms with Crippen LogP contribution in [0.15, 0.2) is 48.5 Å². The number of carbonyl (C=O) groups is 2. The largest absolute Gasteiger partial charge is 0.352 e. The van der Waals surface area contributed by atoms with Crippen molar-refractivity contribution in [3.05, 3.63) is 64.9 Å². The van der Waals surface area contributed by atoms with Crippen molar-refractivity contribution in [1.29, 1.82) is 0 Å². The first-order valence-electron chi connectivity index (χ1n) is 11.6. The highest BCUT2D eigenvalue weighted by Crippen LogP contribution is 2.23. The number of amides is 2. The summed E-state index contributed by atoms with van der Waals surface area (Å²) >= 11 is 6.32. The van der Waals surface area contributed by atoms with Gasteiger partial charge in [-0.15, -0.1) is 0 Å². The second-order valence-corrected chi connectivity index (χ2v) is 11.2. The average Bonchev–Trinajstić information content (AvgIpc) is 2.81. The van der Waals surface area contributed by atoms with Crippen LogP contribution in [-0.4, -0.2) is 50.0 Å². The molecule has 2 aromatic rings. The number of halogens is 2. The Labute approximate surface area is 211 Å². The van der Waals surface area contributed by atoms with Crippen LogP contribution in [0.5, 0.6) is 0 Å². The van der Waals surface area contributed by atoms with E-state index in [1.807, 2.05) is 0 Å². The van der Waals surface area contributed by atoms with Gasteiger partial charge in [-0.3, -0.25) is 13.9 Å². The number of rotatable bonds is 9. The van der Waals surface area contributed by atoms with Crippen LogP contribution >= 0.6 is 11.6 Å². The number of nitrogens with one attached hydrogen (secondary N) is 1. The van der Waals surface area contributed by atoms with Crippen LogP contribution < -0.4 is 9.62 Å². The summed E-state index contributed by atoms with van der Waals surface area (Å²) in [6.45, 7) is 1.03. The highest BCUT2D eigenvalue weighted by Gasteiger charge is 2.31. The second-order valence-electron chi connectivity index (χ2n) is 8.88. The highest BCUT2D eigenvalue weighted by molar-refractivity contribution is 7.92. The van der Waals surface area contributed by atoms with Crippen molar-refractivity contribution >= 4 is 39.1 Å². The second kappa shape index (κ2) is 11.9. The number of hydrogen-bond donors (Lipinski definition) is 1. The number of hydrogen-bond acceptors (Lipinski definition) is 4. The summed E-state index contributed by atoms with van der Waals surface area (Å²) in [5.74, 6) is -1.54. The summed E-state index contributed by atoms with van der Waals surface area (Å²) in [6, 6.07) is 11.1. The van der Waals surface area contributed by atoms with Crippen LogP contribution in [-0.2, 0) is 26.2 Å². The Kier molecular flexibility index (Phi) is 9.13. The molecule has 0 bridgehead atoms. The van der Waals surface area contributed by atoms with Gasteiger partial charge in [-0.05, 0) is 49.6 Å². The number of nitrogens with zero attached hydrogens (tertiary/aromatic N) is 2. The van der Waals surface area contributed by atoms with Gasteiger partial charge in [0, 0.05) is 17.6 Å². The Hall–Kier alpha value is -2.65. The summed E-state index contributed by atoms with van der Waals surface area (Å²) in [7, 11) is -3.92. The van der Waals surface area contributed by atoms with E-state index in [1.54, 1.807) is 31.2 Å². The molecule has 2 aromatic carbocycles. The molecule has 0 heterocycles. The normalized spacial score (nSPS) is 15.3. The lowest BCUT2D eigenvalue weighted by molar-refractivity contribution is -0.139. The van der Waals surface area contributed by atoms with E-state index in [2.05, 4.69) is 5.32 Å². The van der Waals surface area contributed by atoms with Crippen molar-refractivity contribution in [3.8, 4) is 0 Å². The van der Waals surface area contributed by atoms with Crippen molar-refractivity contribution < 1.29 is 22.4 Å². The molecule has 2 amide bonds. The van der Waals surface area contributed by atoms with Gasteiger partial charge in [0.25, 0.3) is 0 Å². The van der Waals surface area contributed by atoms with Crippen molar-refractivity contribution in [2.75, 3.05) is 17.1 Å². The molecule has 1 aliphatic carbocycles. The fourth-order valence-corrected chi connectivity index (χ4v) is 5.24. The Morgan fingerprint density at radius 2 is 1.80 bits per heavy atom. The molecule has 1 N–H and O–H groups in total. The lowest BCUT2D eigenvalue weighted by Gasteiger charge is -2.33. The van der Waals surface area contributed by atoms with Gasteiger partial charge < -0.3 is 10.2 Å². The minimum absolute atomic E-state index is 0.0124. The zero-order chi connectivity index (χ0) is 25.6. The fourth-order valence-electron chi connectivity index (χ4n) is 4.21. The first-order valence-corrected chi connectivity index (χ1v) is 13.9. The van der Waals surface area contributed by atoms with Gasteiger partial charge in [0.2, 0.25) is 21.8 Å². The van der Waals surface area contributed by atoms with Gasteiger partial charge in [-0.2, -0.15) is 0 Å². The molecule has 0 spiro atoms. The fraction of sp³-hybridized carbons (Fsp3) is 0.440. The van der Waals surface area contributed by atoms with Gasteiger partial charge in [0.1, 0.15) is 18.4 Å². The van der Waals surface area contributed by atoms with Gasteiger partial charge in [-0.1, -0.05) is 55.1 Å². The summed E-state index contributed by atoms with van der Waals surface area (Å²) in [6.07, 6.45) is 5.94. The lowest BCUT2D eigenvalue weighted by Crippen LogP contribution is -2.53. The zero-order valence-electron chi connectivity index (χ0n) is 19.9. The molecule has 0 saturated heterocycles. The monoisotopic (exact) mass is 523 g/mol. The number of benzene rings is 2. The van der Waals surface area contributed by atoms with Crippen LogP contribution in [0, 0.1) is 5.82 Å². The van der Waals surface area contributed by atoms with E-state index in [9.17, 15) is 22.4 Å². The third-order valence-corrected chi connectivity index (χ3v) is 7.70. The number of anilines is 1. The molecule has 0 aromatic heterocycles. The predicted molar refractivity (Wildman–Crippen MR) is 135 cm³/mol. The van der Waals surface area contributed by atoms with Gasteiger partial charge in [0.05, 0.1) is 11.9 Å². The van der Waals surface area contributed by atoms with Crippen LogP contribution in [0.4, 0.5) is 10.1 Å².